The molecule has 0 aromatic rings. The molecule has 3 unspecified atom stereocenters. The Morgan fingerprint density at radius 3 is 2.50 bits per heavy atom. The second-order valence-corrected chi connectivity index (χ2v) is 4.70. The quantitative estimate of drug-likeness (QED) is 0.632. The molecule has 1 rings (SSSR count). The summed E-state index contributed by atoms with van der Waals surface area (Å²) in [6.45, 7) is 7.14. The SMILES string of the molecule is CC(=O)N(C)C1CN(C)C(C)CC1C. The molecule has 0 aliphatic carbocycles. The molecule has 1 aliphatic rings. The number of rotatable bonds is 1. The Kier molecular flexibility index (Phi) is 3.53. The number of carbonyl (C=O) groups excluding carboxylic acids is 1. The predicted octanol–water partition coefficient (Wildman–Crippen LogP) is 1.19. The van der Waals surface area contributed by atoms with Crippen molar-refractivity contribution in [3.63, 3.8) is 0 Å². The van der Waals surface area contributed by atoms with Crippen LogP contribution < -0.4 is 0 Å². The highest BCUT2D eigenvalue weighted by Gasteiger charge is 2.32. The average Bonchev–Trinajstić information content (AvgIpc) is 2.10. The minimum Gasteiger partial charge on any atom is -0.341 e. The molecule has 0 bridgehead atoms. The molecule has 3 nitrogen and oxygen atoms in total. The molecule has 1 aliphatic heterocycles. The molecule has 0 spiro atoms. The summed E-state index contributed by atoms with van der Waals surface area (Å²) < 4.78 is 0. The van der Waals surface area contributed by atoms with Gasteiger partial charge in [-0.25, -0.2) is 0 Å². The summed E-state index contributed by atoms with van der Waals surface area (Å²) in [6, 6.07) is 1.02. The van der Waals surface area contributed by atoms with Gasteiger partial charge in [0.05, 0.1) is 0 Å². The third-order valence-electron chi connectivity index (χ3n) is 3.59. The van der Waals surface area contributed by atoms with Crippen molar-refractivity contribution in [2.24, 2.45) is 5.92 Å². The Labute approximate surface area is 87.1 Å². The van der Waals surface area contributed by atoms with Crippen molar-refractivity contribution in [3.8, 4) is 0 Å². The lowest BCUT2D eigenvalue weighted by Crippen LogP contribution is -2.53. The van der Waals surface area contributed by atoms with Crippen molar-refractivity contribution in [1.29, 1.82) is 0 Å². The van der Waals surface area contributed by atoms with Crippen LogP contribution in [0.5, 0.6) is 0 Å². The van der Waals surface area contributed by atoms with E-state index >= 15 is 0 Å². The molecule has 0 radical (unpaired) electrons. The van der Waals surface area contributed by atoms with Gasteiger partial charge in [-0.2, -0.15) is 0 Å². The standard InChI is InChI=1S/C11H22N2O/c1-8-6-9(2)12(4)7-11(8)13(5)10(3)14/h8-9,11H,6-7H2,1-5H3. The van der Waals surface area contributed by atoms with Crippen LogP contribution in [-0.2, 0) is 4.79 Å². The Bertz CT molecular complexity index is 217. The van der Waals surface area contributed by atoms with Crippen molar-refractivity contribution >= 4 is 5.91 Å². The average molecular weight is 198 g/mol. The fourth-order valence-corrected chi connectivity index (χ4v) is 2.27. The lowest BCUT2D eigenvalue weighted by atomic mass is 9.88. The number of nitrogens with zero attached hydrogens (tertiary/aromatic N) is 2. The lowest BCUT2D eigenvalue weighted by molar-refractivity contribution is -0.132. The third kappa shape index (κ3) is 2.27. The fourth-order valence-electron chi connectivity index (χ4n) is 2.27. The smallest absolute Gasteiger partial charge is 0.219 e. The molecule has 1 amide bonds. The topological polar surface area (TPSA) is 23.6 Å². The first-order chi connectivity index (χ1) is 6.43. The molecular formula is C11H22N2O. The minimum atomic E-state index is 0.171. The number of amides is 1. The summed E-state index contributed by atoms with van der Waals surface area (Å²) in [6.07, 6.45) is 1.18. The monoisotopic (exact) mass is 198 g/mol. The highest BCUT2D eigenvalue weighted by Crippen LogP contribution is 2.24. The van der Waals surface area contributed by atoms with E-state index in [-0.39, 0.29) is 5.91 Å². The van der Waals surface area contributed by atoms with E-state index in [1.54, 1.807) is 6.92 Å². The number of likely N-dealkylation sites (tertiary alicyclic amines) is 1. The molecule has 3 heteroatoms. The number of carbonyl (C=O) groups is 1. The minimum absolute atomic E-state index is 0.171. The van der Waals surface area contributed by atoms with Gasteiger partial charge in [0.2, 0.25) is 5.91 Å². The summed E-state index contributed by atoms with van der Waals surface area (Å²) in [5, 5.41) is 0. The summed E-state index contributed by atoms with van der Waals surface area (Å²) in [5.41, 5.74) is 0. The second-order valence-electron chi connectivity index (χ2n) is 4.70. The van der Waals surface area contributed by atoms with Crippen molar-refractivity contribution in [3.05, 3.63) is 0 Å². The van der Waals surface area contributed by atoms with Crippen molar-refractivity contribution in [2.75, 3.05) is 20.6 Å². The van der Waals surface area contributed by atoms with Crippen LogP contribution in [0, 0.1) is 5.92 Å². The van der Waals surface area contributed by atoms with Gasteiger partial charge in [0, 0.05) is 32.6 Å². The summed E-state index contributed by atoms with van der Waals surface area (Å²) in [5.74, 6) is 0.778. The van der Waals surface area contributed by atoms with Crippen LogP contribution in [-0.4, -0.2) is 48.4 Å². The zero-order valence-corrected chi connectivity index (χ0v) is 9.95. The molecule has 82 valence electrons. The number of likely N-dealkylation sites (N-methyl/N-ethyl adjacent to an activating group) is 2. The zero-order valence-electron chi connectivity index (χ0n) is 9.95. The highest BCUT2D eigenvalue weighted by atomic mass is 16.2. The van der Waals surface area contributed by atoms with Crippen molar-refractivity contribution in [2.45, 2.75) is 39.3 Å². The molecule has 0 aromatic heterocycles. The zero-order chi connectivity index (χ0) is 10.9. The molecule has 1 saturated heterocycles. The molecule has 0 aromatic carbocycles. The van der Waals surface area contributed by atoms with E-state index in [2.05, 4.69) is 25.8 Å². The third-order valence-corrected chi connectivity index (χ3v) is 3.59. The first-order valence-corrected chi connectivity index (χ1v) is 5.37. The maximum absolute atomic E-state index is 11.3. The van der Waals surface area contributed by atoms with Gasteiger partial charge in [0.15, 0.2) is 0 Å². The number of hydrogen-bond acceptors (Lipinski definition) is 2. The van der Waals surface area contributed by atoms with Gasteiger partial charge in [-0.1, -0.05) is 6.92 Å². The summed E-state index contributed by atoms with van der Waals surface area (Å²) in [7, 11) is 4.05. The van der Waals surface area contributed by atoms with E-state index in [0.717, 1.165) is 6.54 Å². The van der Waals surface area contributed by atoms with Gasteiger partial charge in [0.1, 0.15) is 0 Å². The molecular weight excluding hydrogens is 176 g/mol. The molecule has 3 atom stereocenters. The summed E-state index contributed by atoms with van der Waals surface area (Å²) >= 11 is 0. The van der Waals surface area contributed by atoms with Gasteiger partial charge in [-0.15, -0.1) is 0 Å². The van der Waals surface area contributed by atoms with Crippen LogP contribution in [0.2, 0.25) is 0 Å². The first kappa shape index (κ1) is 11.5. The van der Waals surface area contributed by atoms with Crippen LogP contribution in [0.4, 0.5) is 0 Å². The first-order valence-electron chi connectivity index (χ1n) is 5.37. The number of hydrogen-bond donors (Lipinski definition) is 0. The van der Waals surface area contributed by atoms with Crippen molar-refractivity contribution in [1.82, 2.24) is 9.80 Å². The van der Waals surface area contributed by atoms with Crippen LogP contribution in [0.3, 0.4) is 0 Å². The maximum Gasteiger partial charge on any atom is 0.219 e. The molecule has 1 heterocycles. The molecule has 0 N–H and O–H groups in total. The van der Waals surface area contributed by atoms with Crippen LogP contribution in [0.25, 0.3) is 0 Å². The maximum atomic E-state index is 11.3. The van der Waals surface area contributed by atoms with E-state index < -0.39 is 0 Å². The van der Waals surface area contributed by atoms with E-state index in [4.69, 9.17) is 0 Å². The Morgan fingerprint density at radius 1 is 1.43 bits per heavy atom. The Balaban J connectivity index is 2.65. The van der Waals surface area contributed by atoms with Crippen molar-refractivity contribution < 1.29 is 4.79 Å². The van der Waals surface area contributed by atoms with Crippen LogP contribution >= 0.6 is 0 Å². The Morgan fingerprint density at radius 2 is 2.00 bits per heavy atom. The van der Waals surface area contributed by atoms with Gasteiger partial charge in [0.25, 0.3) is 0 Å². The van der Waals surface area contributed by atoms with Gasteiger partial charge in [-0.3, -0.25) is 4.79 Å². The second kappa shape index (κ2) is 4.30. The van der Waals surface area contributed by atoms with Gasteiger partial charge < -0.3 is 9.80 Å². The van der Waals surface area contributed by atoms with Gasteiger partial charge >= 0.3 is 0 Å². The lowest BCUT2D eigenvalue weighted by Gasteiger charge is -2.43. The normalized spacial score (nSPS) is 34.2. The fraction of sp³-hybridized carbons (Fsp3) is 0.909. The highest BCUT2D eigenvalue weighted by molar-refractivity contribution is 5.73. The largest absolute Gasteiger partial charge is 0.341 e. The summed E-state index contributed by atoms with van der Waals surface area (Å²) in [4.78, 5) is 15.5. The number of piperidine rings is 1. The van der Waals surface area contributed by atoms with E-state index in [9.17, 15) is 4.79 Å². The van der Waals surface area contributed by atoms with E-state index in [1.807, 2.05) is 11.9 Å². The van der Waals surface area contributed by atoms with Gasteiger partial charge in [-0.05, 0) is 26.3 Å². The molecule has 0 saturated carbocycles. The predicted molar refractivity (Wildman–Crippen MR) is 58.1 cm³/mol. The Hall–Kier alpha value is -0.570. The van der Waals surface area contributed by atoms with E-state index in [0.29, 0.717) is 18.0 Å². The van der Waals surface area contributed by atoms with E-state index in [1.165, 1.54) is 6.42 Å². The molecule has 1 fully saturated rings. The van der Waals surface area contributed by atoms with Crippen LogP contribution in [0.1, 0.15) is 27.2 Å². The molecule has 14 heavy (non-hydrogen) atoms. The van der Waals surface area contributed by atoms with Crippen LogP contribution in [0.15, 0.2) is 0 Å².